The number of halogens is 1. The minimum absolute atomic E-state index is 0. The lowest BCUT2D eigenvalue weighted by Crippen LogP contribution is -2.44. The third-order valence-corrected chi connectivity index (χ3v) is 2.31. The molecule has 0 bridgehead atoms. The SMILES string of the molecule is CCNC(=NCCc1nc(C)no1)NC(C)COC.I. The molecule has 8 heteroatoms. The van der Waals surface area contributed by atoms with Gasteiger partial charge in [-0.15, -0.1) is 24.0 Å². The third kappa shape index (κ3) is 7.63. The molecule has 0 saturated carbocycles. The number of nitrogens with zero attached hydrogens (tertiary/aromatic N) is 3. The second-order valence-electron chi connectivity index (χ2n) is 4.25. The summed E-state index contributed by atoms with van der Waals surface area (Å²) >= 11 is 0. The summed E-state index contributed by atoms with van der Waals surface area (Å²) in [6, 6.07) is 0.202. The summed E-state index contributed by atoms with van der Waals surface area (Å²) in [4.78, 5) is 8.59. The van der Waals surface area contributed by atoms with Gasteiger partial charge in [-0.1, -0.05) is 5.16 Å². The van der Waals surface area contributed by atoms with Crippen molar-refractivity contribution in [2.45, 2.75) is 33.2 Å². The molecule has 2 N–H and O–H groups in total. The van der Waals surface area contributed by atoms with E-state index in [4.69, 9.17) is 9.26 Å². The standard InChI is InChI=1S/C12H23N5O2.HI/c1-5-13-12(15-9(2)8-18-4)14-7-6-11-16-10(3)17-19-11;/h9H,5-8H2,1-4H3,(H2,13,14,15);1H. The van der Waals surface area contributed by atoms with E-state index in [2.05, 4.69) is 25.8 Å². The zero-order valence-corrected chi connectivity index (χ0v) is 14.8. The summed E-state index contributed by atoms with van der Waals surface area (Å²) in [5.41, 5.74) is 0. The van der Waals surface area contributed by atoms with Gasteiger partial charge in [-0.3, -0.25) is 4.99 Å². The van der Waals surface area contributed by atoms with Crippen LogP contribution in [0.5, 0.6) is 0 Å². The molecule has 0 spiro atoms. The fourth-order valence-corrected chi connectivity index (χ4v) is 1.55. The monoisotopic (exact) mass is 397 g/mol. The van der Waals surface area contributed by atoms with Crippen molar-refractivity contribution < 1.29 is 9.26 Å². The van der Waals surface area contributed by atoms with E-state index in [0.29, 0.717) is 31.3 Å². The zero-order chi connectivity index (χ0) is 14.1. The Morgan fingerprint density at radius 1 is 1.50 bits per heavy atom. The summed E-state index contributed by atoms with van der Waals surface area (Å²) in [5.74, 6) is 2.03. The van der Waals surface area contributed by atoms with Crippen LogP contribution in [-0.4, -0.2) is 48.9 Å². The minimum Gasteiger partial charge on any atom is -0.383 e. The Morgan fingerprint density at radius 2 is 2.25 bits per heavy atom. The van der Waals surface area contributed by atoms with Crippen LogP contribution in [0.2, 0.25) is 0 Å². The summed E-state index contributed by atoms with van der Waals surface area (Å²) in [6.07, 6.45) is 0.635. The second kappa shape index (κ2) is 10.8. The van der Waals surface area contributed by atoms with E-state index in [-0.39, 0.29) is 30.0 Å². The van der Waals surface area contributed by atoms with Gasteiger partial charge in [0.1, 0.15) is 0 Å². The average Bonchev–Trinajstić information content (AvgIpc) is 2.75. The minimum atomic E-state index is 0. The highest BCUT2D eigenvalue weighted by Crippen LogP contribution is 1.96. The first-order valence-corrected chi connectivity index (χ1v) is 6.48. The lowest BCUT2D eigenvalue weighted by Gasteiger charge is -2.16. The number of aryl methyl sites for hydroxylation is 1. The Morgan fingerprint density at radius 3 is 2.80 bits per heavy atom. The highest BCUT2D eigenvalue weighted by molar-refractivity contribution is 14.0. The number of rotatable bonds is 7. The molecule has 0 aliphatic carbocycles. The largest absolute Gasteiger partial charge is 0.383 e. The molecule has 1 aromatic heterocycles. The molecule has 0 radical (unpaired) electrons. The molecule has 116 valence electrons. The second-order valence-corrected chi connectivity index (χ2v) is 4.25. The van der Waals surface area contributed by atoms with Crippen LogP contribution in [0.15, 0.2) is 9.52 Å². The van der Waals surface area contributed by atoms with Gasteiger partial charge in [0.2, 0.25) is 5.89 Å². The molecule has 0 fully saturated rings. The van der Waals surface area contributed by atoms with Crippen LogP contribution >= 0.6 is 24.0 Å². The van der Waals surface area contributed by atoms with Gasteiger partial charge in [0, 0.05) is 26.1 Å². The summed E-state index contributed by atoms with van der Waals surface area (Å²) < 4.78 is 10.1. The van der Waals surface area contributed by atoms with Gasteiger partial charge in [-0.2, -0.15) is 4.98 Å². The predicted octanol–water partition coefficient (Wildman–Crippen LogP) is 1.13. The maximum absolute atomic E-state index is 5.08. The number of guanidine groups is 1. The lowest BCUT2D eigenvalue weighted by molar-refractivity contribution is 0.179. The van der Waals surface area contributed by atoms with E-state index in [1.54, 1.807) is 14.0 Å². The number of ether oxygens (including phenoxy) is 1. The first-order valence-electron chi connectivity index (χ1n) is 6.48. The molecule has 0 aliphatic rings. The van der Waals surface area contributed by atoms with Gasteiger partial charge >= 0.3 is 0 Å². The number of hydrogen-bond acceptors (Lipinski definition) is 5. The number of hydrogen-bond donors (Lipinski definition) is 2. The highest BCUT2D eigenvalue weighted by Gasteiger charge is 2.05. The Kier molecular flexibility index (Phi) is 10.3. The maximum atomic E-state index is 5.08. The van der Waals surface area contributed by atoms with Crippen LogP contribution in [0, 0.1) is 6.92 Å². The van der Waals surface area contributed by atoms with Crippen LogP contribution < -0.4 is 10.6 Å². The topological polar surface area (TPSA) is 84.6 Å². The van der Waals surface area contributed by atoms with Gasteiger partial charge in [0.25, 0.3) is 0 Å². The number of nitrogens with one attached hydrogen (secondary N) is 2. The molecule has 1 atom stereocenters. The van der Waals surface area contributed by atoms with Crippen molar-refractivity contribution in [3.63, 3.8) is 0 Å². The fraction of sp³-hybridized carbons (Fsp3) is 0.750. The fourth-order valence-electron chi connectivity index (χ4n) is 1.55. The Labute approximate surface area is 137 Å². The molecule has 7 nitrogen and oxygen atoms in total. The lowest BCUT2D eigenvalue weighted by atomic mass is 10.4. The van der Waals surface area contributed by atoms with Crippen LogP contribution in [0.3, 0.4) is 0 Å². The summed E-state index contributed by atoms with van der Waals surface area (Å²) in [5, 5.41) is 10.2. The molecule has 0 saturated heterocycles. The molecule has 0 aromatic carbocycles. The number of aliphatic imine (C=N–C) groups is 1. The molecule has 1 aromatic rings. The highest BCUT2D eigenvalue weighted by atomic mass is 127. The summed E-state index contributed by atoms with van der Waals surface area (Å²) in [6.45, 7) is 7.90. The Balaban J connectivity index is 0.00000361. The van der Waals surface area contributed by atoms with E-state index in [0.717, 1.165) is 12.5 Å². The molecule has 1 heterocycles. The van der Waals surface area contributed by atoms with E-state index >= 15 is 0 Å². The maximum Gasteiger partial charge on any atom is 0.228 e. The number of methoxy groups -OCH3 is 1. The van der Waals surface area contributed by atoms with Crippen molar-refractivity contribution in [2.24, 2.45) is 4.99 Å². The first-order chi connectivity index (χ1) is 9.15. The first kappa shape index (κ1) is 19.1. The molecule has 0 aliphatic heterocycles. The molecular weight excluding hydrogens is 373 g/mol. The van der Waals surface area contributed by atoms with Gasteiger partial charge in [-0.05, 0) is 20.8 Å². The molecular formula is C12H24IN5O2. The Bertz CT molecular complexity index is 397. The van der Waals surface area contributed by atoms with Gasteiger partial charge in [-0.25, -0.2) is 0 Å². The molecule has 0 amide bonds. The predicted molar refractivity (Wildman–Crippen MR) is 88.6 cm³/mol. The average molecular weight is 397 g/mol. The van der Waals surface area contributed by atoms with Crippen LogP contribution in [0.4, 0.5) is 0 Å². The van der Waals surface area contributed by atoms with Crippen molar-refractivity contribution in [2.75, 3.05) is 26.8 Å². The van der Waals surface area contributed by atoms with Crippen molar-refractivity contribution >= 4 is 29.9 Å². The zero-order valence-electron chi connectivity index (χ0n) is 12.5. The molecule has 1 unspecified atom stereocenters. The number of aromatic nitrogens is 2. The van der Waals surface area contributed by atoms with E-state index in [9.17, 15) is 0 Å². The third-order valence-electron chi connectivity index (χ3n) is 2.31. The molecule has 1 rings (SSSR count). The van der Waals surface area contributed by atoms with Crippen molar-refractivity contribution in [1.29, 1.82) is 0 Å². The van der Waals surface area contributed by atoms with Crippen LogP contribution in [-0.2, 0) is 11.2 Å². The van der Waals surface area contributed by atoms with E-state index in [1.807, 2.05) is 13.8 Å². The van der Waals surface area contributed by atoms with Crippen LogP contribution in [0.1, 0.15) is 25.6 Å². The normalized spacial score (nSPS) is 12.7. The van der Waals surface area contributed by atoms with E-state index < -0.39 is 0 Å². The smallest absolute Gasteiger partial charge is 0.228 e. The van der Waals surface area contributed by atoms with Crippen molar-refractivity contribution in [1.82, 2.24) is 20.8 Å². The van der Waals surface area contributed by atoms with Crippen molar-refractivity contribution in [3.05, 3.63) is 11.7 Å². The molecule has 20 heavy (non-hydrogen) atoms. The van der Waals surface area contributed by atoms with Gasteiger partial charge < -0.3 is 19.9 Å². The van der Waals surface area contributed by atoms with Crippen LogP contribution in [0.25, 0.3) is 0 Å². The van der Waals surface area contributed by atoms with E-state index in [1.165, 1.54) is 0 Å². The van der Waals surface area contributed by atoms with Crippen molar-refractivity contribution in [3.8, 4) is 0 Å². The van der Waals surface area contributed by atoms with Gasteiger partial charge in [0.15, 0.2) is 11.8 Å². The van der Waals surface area contributed by atoms with Gasteiger partial charge in [0.05, 0.1) is 13.2 Å². The quantitative estimate of drug-likeness (QED) is 0.408. The Hall–Kier alpha value is -0.900. The summed E-state index contributed by atoms with van der Waals surface area (Å²) in [7, 11) is 1.68.